The van der Waals surface area contributed by atoms with Crippen LogP contribution in [0.25, 0.3) is 0 Å². The van der Waals surface area contributed by atoms with Crippen LogP contribution in [0.4, 0.5) is 0 Å². The number of nitrogens with zero attached hydrogens (tertiary/aromatic N) is 2. The molecule has 1 aromatic rings. The molecule has 0 bridgehead atoms. The zero-order chi connectivity index (χ0) is 9.68. The van der Waals surface area contributed by atoms with Crippen LogP contribution in [0.15, 0.2) is 18.2 Å². The summed E-state index contributed by atoms with van der Waals surface area (Å²) in [6.45, 7) is 0.00484. The number of halogens is 1. The molecule has 0 saturated carbocycles. The maximum absolute atomic E-state index is 8.61. The second-order valence-corrected chi connectivity index (χ2v) is 3.37. The van der Waals surface area contributed by atoms with E-state index in [1.54, 1.807) is 18.2 Å². The molecular weight excluding hydrogens is 279 g/mol. The lowest BCUT2D eigenvalue weighted by molar-refractivity contribution is 0.365. The minimum atomic E-state index is 0.00484. The molecule has 1 rings (SSSR count). The zero-order valence-electron chi connectivity index (χ0n) is 6.62. The van der Waals surface area contributed by atoms with E-state index in [9.17, 15) is 0 Å². The Kier molecular flexibility index (Phi) is 3.53. The molecule has 4 heteroatoms. The van der Waals surface area contributed by atoms with Crippen molar-refractivity contribution in [1.82, 2.24) is 0 Å². The fraction of sp³-hybridized carbons (Fsp3) is 0.111. The molecule has 0 unspecified atom stereocenters. The van der Waals surface area contributed by atoms with Crippen LogP contribution in [0.2, 0.25) is 0 Å². The average molecular weight is 284 g/mol. The Hall–Kier alpha value is -1.27. The lowest BCUT2D eigenvalue weighted by Gasteiger charge is -2.03. The van der Waals surface area contributed by atoms with E-state index in [4.69, 9.17) is 15.3 Å². The van der Waals surface area contributed by atoms with Crippen LogP contribution in [0, 0.1) is 26.2 Å². The second-order valence-electron chi connectivity index (χ2n) is 2.20. The van der Waals surface area contributed by atoms with Gasteiger partial charge in [-0.25, -0.2) is 0 Å². The first-order valence-corrected chi connectivity index (χ1v) is 4.55. The van der Waals surface area contributed by atoms with Gasteiger partial charge in [-0.3, -0.25) is 0 Å². The topological polar surface area (TPSA) is 56.8 Å². The Morgan fingerprint density at radius 1 is 1.38 bits per heavy atom. The predicted molar refractivity (Wildman–Crippen MR) is 55.0 cm³/mol. The minimum Gasteiger partial charge on any atom is -0.478 e. The fourth-order valence-electron chi connectivity index (χ4n) is 0.794. The molecule has 0 saturated heterocycles. The van der Waals surface area contributed by atoms with Gasteiger partial charge in [0, 0.05) is 0 Å². The van der Waals surface area contributed by atoms with Gasteiger partial charge in [0.05, 0.1) is 15.2 Å². The average Bonchev–Trinajstić information content (AvgIpc) is 2.17. The van der Waals surface area contributed by atoms with Crippen molar-refractivity contribution in [2.75, 3.05) is 6.61 Å². The van der Waals surface area contributed by atoms with E-state index >= 15 is 0 Å². The summed E-state index contributed by atoms with van der Waals surface area (Å²) in [6, 6.07) is 8.99. The van der Waals surface area contributed by atoms with Gasteiger partial charge in [-0.05, 0) is 40.8 Å². The normalized spacial score (nSPS) is 8.54. The molecule has 0 spiro atoms. The van der Waals surface area contributed by atoms with Crippen LogP contribution in [0.5, 0.6) is 5.75 Å². The quantitative estimate of drug-likeness (QED) is 0.781. The molecule has 0 amide bonds. The van der Waals surface area contributed by atoms with Crippen LogP contribution >= 0.6 is 22.6 Å². The smallest absolute Gasteiger partial charge is 0.174 e. The van der Waals surface area contributed by atoms with Crippen molar-refractivity contribution in [3.8, 4) is 17.9 Å². The molecule has 64 valence electrons. The number of rotatable bonds is 2. The summed E-state index contributed by atoms with van der Waals surface area (Å²) in [6.07, 6.45) is 0. The van der Waals surface area contributed by atoms with Crippen molar-refractivity contribution in [3.63, 3.8) is 0 Å². The molecule has 0 radical (unpaired) electrons. The lowest BCUT2D eigenvalue weighted by Crippen LogP contribution is -1.95. The molecule has 0 aliphatic carbocycles. The molecule has 0 heterocycles. The summed E-state index contributed by atoms with van der Waals surface area (Å²) >= 11 is 2.09. The van der Waals surface area contributed by atoms with Gasteiger partial charge in [0.25, 0.3) is 0 Å². The van der Waals surface area contributed by atoms with Gasteiger partial charge in [-0.15, -0.1) is 0 Å². The van der Waals surface area contributed by atoms with Gasteiger partial charge in [0.15, 0.2) is 6.61 Å². The van der Waals surface area contributed by atoms with Crippen LogP contribution in [-0.2, 0) is 0 Å². The monoisotopic (exact) mass is 284 g/mol. The first kappa shape index (κ1) is 9.82. The van der Waals surface area contributed by atoms with Crippen molar-refractivity contribution in [2.45, 2.75) is 0 Å². The number of benzene rings is 1. The van der Waals surface area contributed by atoms with Crippen LogP contribution in [0.3, 0.4) is 0 Å². The highest BCUT2D eigenvalue weighted by Crippen LogP contribution is 2.21. The number of nitriles is 2. The van der Waals surface area contributed by atoms with Gasteiger partial charge in [-0.1, -0.05) is 0 Å². The van der Waals surface area contributed by atoms with Crippen molar-refractivity contribution in [1.29, 1.82) is 10.5 Å². The maximum Gasteiger partial charge on any atom is 0.174 e. The summed E-state index contributed by atoms with van der Waals surface area (Å²) in [7, 11) is 0. The molecule has 0 fully saturated rings. The zero-order valence-corrected chi connectivity index (χ0v) is 8.78. The Labute approximate surface area is 89.7 Å². The summed E-state index contributed by atoms with van der Waals surface area (Å²) in [5, 5.41) is 16.9. The Balaban J connectivity index is 2.93. The molecule has 3 nitrogen and oxygen atoms in total. The van der Waals surface area contributed by atoms with Gasteiger partial charge >= 0.3 is 0 Å². The van der Waals surface area contributed by atoms with Crippen molar-refractivity contribution >= 4 is 22.6 Å². The number of hydrogen-bond acceptors (Lipinski definition) is 3. The molecular formula is C9H5IN2O. The molecule has 13 heavy (non-hydrogen) atoms. The second kappa shape index (κ2) is 4.68. The summed E-state index contributed by atoms with van der Waals surface area (Å²) < 4.78 is 6.00. The third-order valence-corrected chi connectivity index (χ3v) is 2.24. The standard InChI is InChI=1S/C9H5IN2O/c10-8-2-1-7(6-12)5-9(8)13-4-3-11/h1-2,5H,4H2. The first-order valence-electron chi connectivity index (χ1n) is 3.47. The van der Waals surface area contributed by atoms with E-state index in [1.165, 1.54) is 0 Å². The molecule has 1 aromatic carbocycles. The summed E-state index contributed by atoms with van der Waals surface area (Å²) in [5.74, 6) is 0.584. The van der Waals surface area contributed by atoms with Gasteiger partial charge < -0.3 is 4.74 Å². The molecule has 0 aliphatic heterocycles. The van der Waals surface area contributed by atoms with E-state index in [2.05, 4.69) is 22.6 Å². The summed E-state index contributed by atoms with van der Waals surface area (Å²) in [4.78, 5) is 0. The maximum atomic E-state index is 8.61. The van der Waals surface area contributed by atoms with Crippen molar-refractivity contribution in [2.24, 2.45) is 0 Å². The largest absolute Gasteiger partial charge is 0.478 e. The third-order valence-electron chi connectivity index (χ3n) is 1.35. The fourth-order valence-corrected chi connectivity index (χ4v) is 1.28. The van der Waals surface area contributed by atoms with Gasteiger partial charge in [-0.2, -0.15) is 10.5 Å². The predicted octanol–water partition coefficient (Wildman–Crippen LogP) is 2.07. The first-order chi connectivity index (χ1) is 6.27. The Morgan fingerprint density at radius 2 is 2.15 bits per heavy atom. The van der Waals surface area contributed by atoms with E-state index in [0.717, 1.165) is 3.57 Å². The Morgan fingerprint density at radius 3 is 2.77 bits per heavy atom. The van der Waals surface area contributed by atoms with E-state index in [-0.39, 0.29) is 6.61 Å². The van der Waals surface area contributed by atoms with E-state index in [0.29, 0.717) is 11.3 Å². The SMILES string of the molecule is N#CCOc1cc(C#N)ccc1I. The molecule has 0 aliphatic rings. The van der Waals surface area contributed by atoms with Crippen LogP contribution in [0.1, 0.15) is 5.56 Å². The van der Waals surface area contributed by atoms with E-state index in [1.807, 2.05) is 12.1 Å². The van der Waals surface area contributed by atoms with Crippen molar-refractivity contribution < 1.29 is 4.74 Å². The van der Waals surface area contributed by atoms with Crippen LogP contribution < -0.4 is 4.74 Å². The Bertz CT molecular complexity index is 390. The lowest BCUT2D eigenvalue weighted by atomic mass is 10.2. The van der Waals surface area contributed by atoms with Gasteiger partial charge in [0.2, 0.25) is 0 Å². The number of ether oxygens (including phenoxy) is 1. The third kappa shape index (κ3) is 2.60. The highest BCUT2D eigenvalue weighted by molar-refractivity contribution is 14.1. The van der Waals surface area contributed by atoms with E-state index < -0.39 is 0 Å². The minimum absolute atomic E-state index is 0.00484. The molecule has 0 atom stereocenters. The highest BCUT2D eigenvalue weighted by atomic mass is 127. The highest BCUT2D eigenvalue weighted by Gasteiger charge is 2.01. The van der Waals surface area contributed by atoms with Crippen LogP contribution in [-0.4, -0.2) is 6.61 Å². The van der Waals surface area contributed by atoms with Crippen molar-refractivity contribution in [3.05, 3.63) is 27.3 Å². The number of hydrogen-bond donors (Lipinski definition) is 0. The molecule has 0 N–H and O–H groups in total. The summed E-state index contributed by atoms with van der Waals surface area (Å²) in [5.41, 5.74) is 0.536. The van der Waals surface area contributed by atoms with Gasteiger partial charge in [0.1, 0.15) is 11.8 Å². The molecule has 0 aromatic heterocycles.